The van der Waals surface area contributed by atoms with E-state index in [0.717, 1.165) is 17.3 Å². The number of methoxy groups -OCH3 is 1. The van der Waals surface area contributed by atoms with Crippen LogP contribution in [-0.4, -0.2) is 35.1 Å². The number of amides is 1. The molecular formula is C28H23F6N3O3S. The molecule has 6 nitrogen and oxygen atoms in total. The number of amidine groups is 1. The number of carbonyl (C=O) groups excluding carboxylic acids is 1. The van der Waals surface area contributed by atoms with Crippen molar-refractivity contribution in [1.82, 2.24) is 9.88 Å². The number of alkyl halides is 6. The van der Waals surface area contributed by atoms with Gasteiger partial charge in [-0.3, -0.25) is 9.78 Å². The number of ether oxygens (including phenoxy) is 2. The molecule has 0 saturated heterocycles. The maximum atomic E-state index is 13.5. The fraction of sp³-hybridized carbons (Fsp3) is 0.250. The summed E-state index contributed by atoms with van der Waals surface area (Å²) in [6.07, 6.45) is -6.66. The molecule has 3 aromatic rings. The maximum absolute atomic E-state index is 13.5. The number of benzene rings is 2. The van der Waals surface area contributed by atoms with Crippen molar-refractivity contribution in [3.8, 4) is 11.5 Å². The fourth-order valence-electron chi connectivity index (χ4n) is 3.88. The van der Waals surface area contributed by atoms with Crippen molar-refractivity contribution in [2.45, 2.75) is 32.4 Å². The predicted octanol–water partition coefficient (Wildman–Crippen LogP) is 7.12. The summed E-state index contributed by atoms with van der Waals surface area (Å²) in [6, 6.07) is 9.67. The molecular weight excluding hydrogens is 572 g/mol. The van der Waals surface area contributed by atoms with Crippen LogP contribution >= 0.6 is 11.8 Å². The van der Waals surface area contributed by atoms with E-state index in [9.17, 15) is 31.1 Å². The van der Waals surface area contributed by atoms with Gasteiger partial charge in [0.25, 0.3) is 5.91 Å². The Kier molecular flexibility index (Phi) is 8.66. The largest absolute Gasteiger partial charge is 0.493 e. The van der Waals surface area contributed by atoms with Crippen molar-refractivity contribution in [1.29, 1.82) is 0 Å². The molecule has 0 saturated carbocycles. The van der Waals surface area contributed by atoms with Crippen molar-refractivity contribution in [3.63, 3.8) is 0 Å². The van der Waals surface area contributed by atoms with Crippen molar-refractivity contribution in [2.24, 2.45) is 4.99 Å². The number of aryl methyl sites for hydroxylation is 1. The number of pyridine rings is 1. The molecule has 1 aliphatic rings. The molecule has 13 heteroatoms. The molecule has 0 spiro atoms. The second-order valence-electron chi connectivity index (χ2n) is 9.00. The number of hydrogen-bond acceptors (Lipinski definition) is 6. The van der Waals surface area contributed by atoms with Crippen molar-refractivity contribution in [3.05, 3.63) is 93.1 Å². The van der Waals surface area contributed by atoms with Crippen LogP contribution in [0.1, 0.15) is 33.5 Å². The van der Waals surface area contributed by atoms with Gasteiger partial charge < -0.3 is 14.4 Å². The zero-order valence-electron chi connectivity index (χ0n) is 21.9. The lowest BCUT2D eigenvalue weighted by atomic mass is 10.0. The molecule has 0 N–H and O–H groups in total. The van der Waals surface area contributed by atoms with E-state index in [0.29, 0.717) is 28.2 Å². The number of aromatic nitrogens is 1. The Morgan fingerprint density at radius 2 is 1.76 bits per heavy atom. The van der Waals surface area contributed by atoms with Crippen LogP contribution in [0.2, 0.25) is 0 Å². The Balaban J connectivity index is 1.48. The van der Waals surface area contributed by atoms with Crippen molar-refractivity contribution < 1.29 is 40.6 Å². The average Bonchev–Trinajstić information content (AvgIpc) is 3.28. The predicted molar refractivity (Wildman–Crippen MR) is 142 cm³/mol. The average molecular weight is 596 g/mol. The van der Waals surface area contributed by atoms with Crippen LogP contribution in [0.3, 0.4) is 0 Å². The molecule has 0 aliphatic carbocycles. The highest BCUT2D eigenvalue weighted by Crippen LogP contribution is 2.39. The van der Waals surface area contributed by atoms with Gasteiger partial charge in [0.2, 0.25) is 0 Å². The van der Waals surface area contributed by atoms with Crippen molar-refractivity contribution in [2.75, 3.05) is 14.2 Å². The lowest BCUT2D eigenvalue weighted by Gasteiger charge is -2.18. The van der Waals surface area contributed by atoms with Crippen LogP contribution in [0.15, 0.2) is 64.6 Å². The minimum atomic E-state index is -5.02. The molecule has 0 radical (unpaired) electrons. The van der Waals surface area contributed by atoms with Gasteiger partial charge in [0.15, 0.2) is 16.7 Å². The van der Waals surface area contributed by atoms with Crippen LogP contribution in [0.25, 0.3) is 6.08 Å². The summed E-state index contributed by atoms with van der Waals surface area (Å²) < 4.78 is 90.1. The minimum Gasteiger partial charge on any atom is -0.493 e. The van der Waals surface area contributed by atoms with Crippen LogP contribution in [0.5, 0.6) is 11.5 Å². The van der Waals surface area contributed by atoms with Crippen LogP contribution in [-0.2, 0) is 30.3 Å². The summed E-state index contributed by atoms with van der Waals surface area (Å²) in [6.45, 7) is 1.74. The highest BCUT2D eigenvalue weighted by molar-refractivity contribution is 8.18. The topological polar surface area (TPSA) is 64.0 Å². The number of nitrogens with zero attached hydrogens (tertiary/aromatic N) is 3. The number of thioether (sulfide) groups is 1. The standard InChI is InChI=1S/C28H23F6N3O3S/c1-16-5-4-10-35-21(16)14-37(2)26-36-25(38)24(41-26)12-17-6-9-22(23(11-17)39-3)40-15-18-7-8-19(27(29,30)31)13-20(18)28(32,33)34/h4-13H,14-15H2,1-3H3/b24-12-. The minimum absolute atomic E-state index is 0.0623. The highest BCUT2D eigenvalue weighted by atomic mass is 32.2. The molecule has 0 bridgehead atoms. The second kappa shape index (κ2) is 11.9. The summed E-state index contributed by atoms with van der Waals surface area (Å²) in [4.78, 5) is 23.2. The van der Waals surface area contributed by atoms with E-state index in [4.69, 9.17) is 9.47 Å². The zero-order chi connectivity index (χ0) is 29.9. The molecule has 2 aromatic carbocycles. The summed E-state index contributed by atoms with van der Waals surface area (Å²) >= 11 is 1.18. The molecule has 0 atom stereocenters. The van der Waals surface area contributed by atoms with Gasteiger partial charge in [-0.2, -0.15) is 31.3 Å². The fourth-order valence-corrected chi connectivity index (χ4v) is 4.75. The first kappa shape index (κ1) is 30.0. The normalized spacial score (nSPS) is 14.8. The molecule has 2 heterocycles. The first-order valence-electron chi connectivity index (χ1n) is 12.0. The summed E-state index contributed by atoms with van der Waals surface area (Å²) in [5.74, 6) is -0.217. The lowest BCUT2D eigenvalue weighted by Crippen LogP contribution is -2.23. The van der Waals surface area contributed by atoms with Gasteiger partial charge in [-0.15, -0.1) is 0 Å². The van der Waals surface area contributed by atoms with E-state index in [1.807, 2.05) is 24.0 Å². The highest BCUT2D eigenvalue weighted by Gasteiger charge is 2.38. The van der Waals surface area contributed by atoms with Gasteiger partial charge >= 0.3 is 12.4 Å². The molecule has 1 amide bonds. The molecule has 41 heavy (non-hydrogen) atoms. The zero-order valence-corrected chi connectivity index (χ0v) is 22.7. The smallest absolute Gasteiger partial charge is 0.416 e. The van der Waals surface area contributed by atoms with Crippen LogP contribution < -0.4 is 9.47 Å². The van der Waals surface area contributed by atoms with Crippen molar-refractivity contribution >= 4 is 28.9 Å². The van der Waals surface area contributed by atoms with Gasteiger partial charge in [0, 0.05) is 18.8 Å². The van der Waals surface area contributed by atoms with E-state index in [1.54, 1.807) is 25.4 Å². The van der Waals surface area contributed by atoms with Gasteiger partial charge in [0.05, 0.1) is 35.4 Å². The monoisotopic (exact) mass is 595 g/mol. The Hall–Kier alpha value is -4.00. The summed E-state index contributed by atoms with van der Waals surface area (Å²) in [5, 5.41) is 0.496. The summed E-state index contributed by atoms with van der Waals surface area (Å²) in [7, 11) is 3.12. The Morgan fingerprint density at radius 3 is 2.41 bits per heavy atom. The number of hydrogen-bond donors (Lipinski definition) is 0. The van der Waals surface area contributed by atoms with E-state index < -0.39 is 41.6 Å². The Bertz CT molecular complexity index is 1520. The SMILES string of the molecule is COc1cc(/C=C2\SC(N(C)Cc3ncccc3C)=NC2=O)ccc1OCc1ccc(C(F)(F)F)cc1C(F)(F)F. The third kappa shape index (κ3) is 7.20. The Labute approximate surface area is 235 Å². The number of aliphatic imine (C=N–C) groups is 1. The van der Waals surface area contributed by atoms with E-state index in [2.05, 4.69) is 9.98 Å². The molecule has 0 unspecified atom stereocenters. The van der Waals surface area contributed by atoms with Gasteiger partial charge in [0.1, 0.15) is 6.61 Å². The Morgan fingerprint density at radius 1 is 1.00 bits per heavy atom. The maximum Gasteiger partial charge on any atom is 0.416 e. The van der Waals surface area contributed by atoms with Gasteiger partial charge in [-0.05, 0) is 66.2 Å². The number of carbonyl (C=O) groups is 1. The summed E-state index contributed by atoms with van der Waals surface area (Å²) in [5.41, 5.74) is -0.928. The number of rotatable bonds is 7. The van der Waals surface area contributed by atoms with Gasteiger partial charge in [-0.1, -0.05) is 18.2 Å². The molecule has 216 valence electrons. The lowest BCUT2D eigenvalue weighted by molar-refractivity contribution is -0.143. The first-order chi connectivity index (χ1) is 19.3. The second-order valence-corrected chi connectivity index (χ2v) is 10.0. The van der Waals surface area contributed by atoms with E-state index in [1.165, 1.54) is 31.0 Å². The quantitative estimate of drug-likeness (QED) is 0.214. The molecule has 1 aliphatic heterocycles. The van der Waals surface area contributed by atoms with E-state index in [-0.39, 0.29) is 17.6 Å². The van der Waals surface area contributed by atoms with Gasteiger partial charge in [-0.25, -0.2) is 0 Å². The third-order valence-corrected chi connectivity index (χ3v) is 7.15. The van der Waals surface area contributed by atoms with E-state index >= 15 is 0 Å². The van der Waals surface area contributed by atoms with Crippen LogP contribution in [0, 0.1) is 6.92 Å². The third-order valence-electron chi connectivity index (χ3n) is 6.05. The first-order valence-corrected chi connectivity index (χ1v) is 12.8. The number of halogens is 6. The van der Waals surface area contributed by atoms with Crippen LogP contribution in [0.4, 0.5) is 26.3 Å². The molecule has 0 fully saturated rings. The molecule has 1 aromatic heterocycles. The molecule has 4 rings (SSSR count).